The smallest absolute Gasteiger partial charge is 0.175 e. The Morgan fingerprint density at radius 2 is 1.50 bits per heavy atom. The minimum Gasteiger partial charge on any atom is -0.207 e. The first-order valence-corrected chi connectivity index (χ1v) is 8.32. The quantitative estimate of drug-likeness (QED) is 0.367. The molecule has 0 spiro atoms. The van der Waals surface area contributed by atoms with Crippen LogP contribution in [-0.2, 0) is 13.5 Å². The molecule has 1 aromatic heterocycles. The molecule has 0 amide bonds. The lowest BCUT2D eigenvalue weighted by atomic mass is 9.94. The second-order valence-corrected chi connectivity index (χ2v) is 6.21. The molecular weight excluding hydrogens is 290 g/mol. The van der Waals surface area contributed by atoms with Crippen molar-refractivity contribution in [1.82, 2.24) is 0 Å². The summed E-state index contributed by atoms with van der Waals surface area (Å²) in [5.41, 5.74) is 2.63. The fourth-order valence-electron chi connectivity index (χ4n) is 3.35. The second-order valence-electron chi connectivity index (χ2n) is 6.21. The molecular formula is C23H20N+. The van der Waals surface area contributed by atoms with Crippen molar-refractivity contribution in [3.63, 3.8) is 0 Å². The van der Waals surface area contributed by atoms with Gasteiger partial charge >= 0.3 is 0 Å². The maximum Gasteiger partial charge on any atom is 0.175 e. The molecule has 1 heterocycles. The Bertz CT molecular complexity index is 990. The third-order valence-corrected chi connectivity index (χ3v) is 4.48. The first kappa shape index (κ1) is 14.6. The van der Waals surface area contributed by atoms with E-state index in [4.69, 9.17) is 0 Å². The van der Waals surface area contributed by atoms with Crippen LogP contribution in [0.15, 0.2) is 85.2 Å². The van der Waals surface area contributed by atoms with Crippen LogP contribution in [0.5, 0.6) is 0 Å². The highest BCUT2D eigenvalue weighted by atomic mass is 14.9. The number of benzene rings is 3. The maximum atomic E-state index is 2.29. The van der Waals surface area contributed by atoms with Gasteiger partial charge in [0.25, 0.3) is 0 Å². The van der Waals surface area contributed by atoms with Crippen LogP contribution >= 0.6 is 0 Å². The molecule has 0 saturated carbocycles. The maximum absolute atomic E-state index is 2.29. The molecule has 0 aliphatic heterocycles. The molecule has 0 N–H and O–H groups in total. The summed E-state index contributed by atoms with van der Waals surface area (Å²) in [5, 5.41) is 5.32. The van der Waals surface area contributed by atoms with Crippen LogP contribution in [0, 0.1) is 0 Å². The van der Waals surface area contributed by atoms with Crippen molar-refractivity contribution in [2.75, 3.05) is 0 Å². The van der Waals surface area contributed by atoms with Crippen LogP contribution in [0.4, 0.5) is 0 Å². The molecule has 0 radical (unpaired) electrons. The van der Waals surface area contributed by atoms with E-state index in [9.17, 15) is 0 Å². The Hall–Kier alpha value is -2.93. The van der Waals surface area contributed by atoms with Gasteiger partial charge in [0.2, 0.25) is 0 Å². The molecule has 3 aromatic carbocycles. The molecule has 116 valence electrons. The zero-order chi connectivity index (χ0) is 16.4. The average Bonchev–Trinajstić information content (AvgIpc) is 2.61. The van der Waals surface area contributed by atoms with Gasteiger partial charge in [0.1, 0.15) is 7.05 Å². The largest absolute Gasteiger partial charge is 0.207 e. The summed E-state index contributed by atoms with van der Waals surface area (Å²) in [6.45, 7) is 0. The zero-order valence-electron chi connectivity index (χ0n) is 13.8. The minimum absolute atomic E-state index is 0.931. The van der Waals surface area contributed by atoms with Crippen molar-refractivity contribution in [1.29, 1.82) is 0 Å². The van der Waals surface area contributed by atoms with E-state index in [1.807, 2.05) is 0 Å². The summed E-state index contributed by atoms with van der Waals surface area (Å²) in [5.74, 6) is 0. The summed E-state index contributed by atoms with van der Waals surface area (Å²) in [4.78, 5) is 0. The predicted octanol–water partition coefficient (Wildman–Crippen LogP) is 5.07. The summed E-state index contributed by atoms with van der Waals surface area (Å²) < 4.78 is 2.08. The molecule has 1 heteroatoms. The molecule has 1 nitrogen and oxygen atoms in total. The number of hydrogen-bond acceptors (Lipinski definition) is 0. The van der Waals surface area contributed by atoms with Crippen LogP contribution < -0.4 is 4.57 Å². The van der Waals surface area contributed by atoms with E-state index in [1.165, 1.54) is 32.7 Å². The fraction of sp³-hybridized carbons (Fsp3) is 0.0870. The topological polar surface area (TPSA) is 3.88 Å². The van der Waals surface area contributed by atoms with E-state index >= 15 is 0 Å². The van der Waals surface area contributed by atoms with Gasteiger partial charge in [-0.2, -0.15) is 0 Å². The van der Waals surface area contributed by atoms with Gasteiger partial charge in [0.05, 0.1) is 0 Å². The van der Waals surface area contributed by atoms with Crippen LogP contribution in [0.3, 0.4) is 0 Å². The third-order valence-electron chi connectivity index (χ3n) is 4.48. The Kier molecular flexibility index (Phi) is 3.84. The molecule has 4 aromatic rings. The molecule has 4 rings (SSSR count). The summed E-state index contributed by atoms with van der Waals surface area (Å²) in [7, 11) is 2.05. The van der Waals surface area contributed by atoms with E-state index in [0.717, 1.165) is 6.42 Å². The fourth-order valence-corrected chi connectivity index (χ4v) is 3.35. The molecule has 0 bridgehead atoms. The third kappa shape index (κ3) is 2.81. The number of pyridine rings is 1. The predicted molar refractivity (Wildman–Crippen MR) is 102 cm³/mol. The zero-order valence-corrected chi connectivity index (χ0v) is 13.8. The molecule has 0 unspecified atom stereocenters. The number of fused-ring (bicyclic) bond motifs is 2. The number of nitrogens with zero attached hydrogens (tertiary/aromatic N) is 1. The minimum atomic E-state index is 0.931. The van der Waals surface area contributed by atoms with E-state index in [2.05, 4.69) is 103 Å². The highest BCUT2D eigenvalue weighted by molar-refractivity contribution is 6.02. The second kappa shape index (κ2) is 6.29. The van der Waals surface area contributed by atoms with Gasteiger partial charge in [-0.3, -0.25) is 0 Å². The molecule has 24 heavy (non-hydrogen) atoms. The summed E-state index contributed by atoms with van der Waals surface area (Å²) >= 11 is 0. The van der Waals surface area contributed by atoms with Gasteiger partial charge in [-0.25, -0.2) is 4.57 Å². The lowest BCUT2D eigenvalue weighted by Crippen LogP contribution is -2.26. The molecule has 0 saturated heterocycles. The van der Waals surface area contributed by atoms with Crippen molar-refractivity contribution in [3.8, 4) is 0 Å². The van der Waals surface area contributed by atoms with Gasteiger partial charge in [0.15, 0.2) is 12.4 Å². The van der Waals surface area contributed by atoms with Crippen LogP contribution in [0.1, 0.15) is 11.1 Å². The van der Waals surface area contributed by atoms with Crippen LogP contribution in [-0.4, -0.2) is 0 Å². The van der Waals surface area contributed by atoms with Gasteiger partial charge in [-0.15, -0.1) is 0 Å². The van der Waals surface area contributed by atoms with Crippen molar-refractivity contribution < 1.29 is 4.57 Å². The lowest BCUT2D eigenvalue weighted by molar-refractivity contribution is -0.671. The Morgan fingerprint density at radius 3 is 2.17 bits per heavy atom. The van der Waals surface area contributed by atoms with Crippen LogP contribution in [0.25, 0.3) is 27.6 Å². The van der Waals surface area contributed by atoms with E-state index < -0.39 is 0 Å². The van der Waals surface area contributed by atoms with Crippen molar-refractivity contribution in [2.24, 2.45) is 7.05 Å². The SMILES string of the molecule is C[n+]1cccc(/C=C/Cc2c3ccccc3cc3ccccc23)c1. The number of allylic oxidation sites excluding steroid dienone is 1. The van der Waals surface area contributed by atoms with Crippen LogP contribution in [0.2, 0.25) is 0 Å². The van der Waals surface area contributed by atoms with Crippen molar-refractivity contribution >= 4 is 27.6 Å². The highest BCUT2D eigenvalue weighted by Crippen LogP contribution is 2.29. The van der Waals surface area contributed by atoms with Crippen molar-refractivity contribution in [3.05, 3.63) is 96.3 Å². The monoisotopic (exact) mass is 310 g/mol. The Morgan fingerprint density at radius 1 is 0.833 bits per heavy atom. The van der Waals surface area contributed by atoms with E-state index in [1.54, 1.807) is 0 Å². The molecule has 0 aliphatic carbocycles. The summed E-state index contributed by atoms with van der Waals surface area (Å²) in [6, 6.07) is 23.8. The van der Waals surface area contributed by atoms with Gasteiger partial charge in [-0.05, 0) is 45.7 Å². The molecule has 0 atom stereocenters. The summed E-state index contributed by atoms with van der Waals surface area (Å²) in [6.07, 6.45) is 9.59. The van der Waals surface area contributed by atoms with Gasteiger partial charge < -0.3 is 0 Å². The normalized spacial score (nSPS) is 11.5. The number of rotatable bonds is 3. The van der Waals surface area contributed by atoms with E-state index in [-0.39, 0.29) is 0 Å². The average molecular weight is 310 g/mol. The standard InChI is InChI=1S/C23H20N/c1-24-15-7-9-18(17-24)8-6-14-23-21-12-4-2-10-19(21)16-20-11-3-5-13-22(20)23/h2-13,15-17H,14H2,1H3/q+1/b8-6+. The van der Waals surface area contributed by atoms with E-state index in [0.29, 0.717) is 0 Å². The Labute approximate surface area is 142 Å². The van der Waals surface area contributed by atoms with Gasteiger partial charge in [-0.1, -0.05) is 60.7 Å². The first-order valence-electron chi connectivity index (χ1n) is 8.32. The number of hydrogen-bond donors (Lipinski definition) is 0. The number of aromatic nitrogens is 1. The Balaban J connectivity index is 1.79. The molecule has 0 fully saturated rings. The van der Waals surface area contributed by atoms with Crippen molar-refractivity contribution in [2.45, 2.75) is 6.42 Å². The highest BCUT2D eigenvalue weighted by Gasteiger charge is 2.05. The lowest BCUT2D eigenvalue weighted by Gasteiger charge is -2.10. The number of aryl methyl sites for hydroxylation is 1. The van der Waals surface area contributed by atoms with Gasteiger partial charge in [0, 0.05) is 11.6 Å². The molecule has 0 aliphatic rings. The first-order chi connectivity index (χ1) is 11.8.